The van der Waals surface area contributed by atoms with Crippen LogP contribution in [0.4, 0.5) is 4.39 Å². The lowest BCUT2D eigenvalue weighted by molar-refractivity contribution is 0.250. The average molecular weight is 235 g/mol. The maximum absolute atomic E-state index is 12.5. The highest BCUT2D eigenvalue weighted by atomic mass is 35.5. The van der Waals surface area contributed by atoms with Crippen molar-refractivity contribution in [2.75, 3.05) is 20.3 Å². The molecular weight excluding hydrogens is 219 g/mol. The van der Waals surface area contributed by atoms with Crippen LogP contribution in [0.1, 0.15) is 23.9 Å². The number of hydrogen-bond donors (Lipinski definition) is 0. The van der Waals surface area contributed by atoms with Crippen molar-refractivity contribution in [2.24, 2.45) is 5.92 Å². The molecule has 2 rings (SSSR count). The van der Waals surface area contributed by atoms with Gasteiger partial charge in [0.2, 0.25) is 0 Å². The van der Waals surface area contributed by atoms with E-state index in [9.17, 15) is 4.39 Å². The van der Waals surface area contributed by atoms with E-state index in [1.54, 1.807) is 0 Å². The number of likely N-dealkylation sites (tertiary alicyclic amines) is 1. The van der Waals surface area contributed by atoms with Gasteiger partial charge < -0.3 is 4.52 Å². The Labute approximate surface area is 95.0 Å². The van der Waals surface area contributed by atoms with Crippen LogP contribution in [0.15, 0.2) is 10.6 Å². The second-order valence-corrected chi connectivity index (χ2v) is 4.08. The Balaban J connectivity index is 0.00000112. The van der Waals surface area contributed by atoms with Gasteiger partial charge in [0.25, 0.3) is 0 Å². The van der Waals surface area contributed by atoms with Gasteiger partial charge in [-0.2, -0.15) is 0 Å². The molecule has 0 bridgehead atoms. The fourth-order valence-electron chi connectivity index (χ4n) is 2.09. The zero-order valence-corrected chi connectivity index (χ0v) is 9.76. The summed E-state index contributed by atoms with van der Waals surface area (Å²) in [6.07, 6.45) is 0.835. The standard InChI is InChI=1S/C10H15FN2O.ClH/c1-7-3-10(14-12-7)9-4-8(5-11)6-13(9)2;/h3,8-9H,4-6H2,1-2H3;1H/t8-,9-;/m0./s1. The molecule has 1 aromatic heterocycles. The van der Waals surface area contributed by atoms with E-state index >= 15 is 0 Å². The third-order valence-electron chi connectivity index (χ3n) is 2.83. The predicted octanol–water partition coefficient (Wildman–Crippen LogP) is 2.37. The van der Waals surface area contributed by atoms with E-state index < -0.39 is 0 Å². The molecule has 15 heavy (non-hydrogen) atoms. The summed E-state index contributed by atoms with van der Waals surface area (Å²) in [4.78, 5) is 2.13. The van der Waals surface area contributed by atoms with Crippen molar-refractivity contribution in [1.82, 2.24) is 10.1 Å². The lowest BCUT2D eigenvalue weighted by atomic mass is 10.1. The van der Waals surface area contributed by atoms with E-state index in [4.69, 9.17) is 4.52 Å². The van der Waals surface area contributed by atoms with Gasteiger partial charge in [0.1, 0.15) is 0 Å². The van der Waals surface area contributed by atoms with Gasteiger partial charge in [-0.1, -0.05) is 5.16 Å². The summed E-state index contributed by atoms with van der Waals surface area (Å²) >= 11 is 0. The predicted molar refractivity (Wildman–Crippen MR) is 57.9 cm³/mol. The lowest BCUT2D eigenvalue weighted by Gasteiger charge is -2.15. The van der Waals surface area contributed by atoms with Crippen molar-refractivity contribution in [3.8, 4) is 0 Å². The molecule has 0 radical (unpaired) electrons. The fraction of sp³-hybridized carbons (Fsp3) is 0.700. The number of halogens is 2. The molecule has 0 aliphatic carbocycles. The van der Waals surface area contributed by atoms with Gasteiger partial charge in [0, 0.05) is 18.5 Å². The molecule has 1 aliphatic rings. The van der Waals surface area contributed by atoms with Crippen molar-refractivity contribution >= 4 is 12.4 Å². The van der Waals surface area contributed by atoms with E-state index in [1.807, 2.05) is 20.0 Å². The quantitative estimate of drug-likeness (QED) is 0.787. The highest BCUT2D eigenvalue weighted by molar-refractivity contribution is 5.85. The van der Waals surface area contributed by atoms with E-state index in [2.05, 4.69) is 10.1 Å². The number of rotatable bonds is 2. The van der Waals surface area contributed by atoms with Gasteiger partial charge in [-0.05, 0) is 20.4 Å². The maximum Gasteiger partial charge on any atom is 0.154 e. The van der Waals surface area contributed by atoms with Crippen molar-refractivity contribution in [3.05, 3.63) is 17.5 Å². The third-order valence-corrected chi connectivity index (χ3v) is 2.83. The molecule has 0 N–H and O–H groups in total. The molecule has 1 saturated heterocycles. The van der Waals surface area contributed by atoms with Gasteiger partial charge in [-0.25, -0.2) is 0 Å². The first-order valence-electron chi connectivity index (χ1n) is 4.90. The summed E-state index contributed by atoms with van der Waals surface area (Å²) < 4.78 is 17.7. The molecule has 5 heteroatoms. The number of aromatic nitrogens is 1. The molecule has 3 nitrogen and oxygen atoms in total. The molecule has 0 unspecified atom stereocenters. The second kappa shape index (κ2) is 4.94. The van der Waals surface area contributed by atoms with Crippen LogP contribution < -0.4 is 0 Å². The fourth-order valence-corrected chi connectivity index (χ4v) is 2.09. The van der Waals surface area contributed by atoms with Crippen LogP contribution in [0.5, 0.6) is 0 Å². The van der Waals surface area contributed by atoms with Gasteiger partial charge in [0.15, 0.2) is 5.76 Å². The smallest absolute Gasteiger partial charge is 0.154 e. The normalized spacial score (nSPS) is 26.6. The molecule has 86 valence electrons. The Kier molecular flexibility index (Phi) is 4.11. The minimum Gasteiger partial charge on any atom is -0.359 e. The van der Waals surface area contributed by atoms with Crippen molar-refractivity contribution < 1.29 is 8.91 Å². The van der Waals surface area contributed by atoms with E-state index in [0.29, 0.717) is 0 Å². The summed E-state index contributed by atoms with van der Waals surface area (Å²) in [5.74, 6) is 1.01. The Bertz CT molecular complexity index is 318. The first kappa shape index (κ1) is 12.5. The molecule has 1 aliphatic heterocycles. The Morgan fingerprint density at radius 2 is 2.40 bits per heavy atom. The van der Waals surface area contributed by atoms with Crippen LogP contribution in [-0.2, 0) is 0 Å². The second-order valence-electron chi connectivity index (χ2n) is 4.08. The van der Waals surface area contributed by atoms with Crippen LogP contribution in [0.3, 0.4) is 0 Å². The summed E-state index contributed by atoms with van der Waals surface area (Å²) in [5.41, 5.74) is 0.886. The van der Waals surface area contributed by atoms with E-state index in [-0.39, 0.29) is 31.0 Å². The highest BCUT2D eigenvalue weighted by Gasteiger charge is 2.32. The first-order chi connectivity index (χ1) is 6.70. The van der Waals surface area contributed by atoms with Gasteiger partial charge in [0.05, 0.1) is 18.4 Å². The van der Waals surface area contributed by atoms with Crippen LogP contribution in [0.2, 0.25) is 0 Å². The summed E-state index contributed by atoms with van der Waals surface area (Å²) in [7, 11) is 2.00. The molecule has 0 saturated carbocycles. The number of aryl methyl sites for hydroxylation is 1. The number of hydrogen-bond acceptors (Lipinski definition) is 3. The van der Waals surface area contributed by atoms with Crippen molar-refractivity contribution in [3.63, 3.8) is 0 Å². The molecule has 0 spiro atoms. The topological polar surface area (TPSA) is 29.3 Å². The van der Waals surface area contributed by atoms with Gasteiger partial charge in [-0.15, -0.1) is 12.4 Å². The molecule has 0 aromatic carbocycles. The number of alkyl halides is 1. The maximum atomic E-state index is 12.5. The third kappa shape index (κ3) is 2.49. The first-order valence-corrected chi connectivity index (χ1v) is 4.90. The van der Waals surface area contributed by atoms with Crippen LogP contribution >= 0.6 is 12.4 Å². The van der Waals surface area contributed by atoms with Crippen LogP contribution in [-0.4, -0.2) is 30.3 Å². The Morgan fingerprint density at radius 1 is 1.67 bits per heavy atom. The van der Waals surface area contributed by atoms with E-state index in [1.165, 1.54) is 0 Å². The Morgan fingerprint density at radius 3 is 2.87 bits per heavy atom. The molecule has 2 atom stereocenters. The largest absolute Gasteiger partial charge is 0.359 e. The monoisotopic (exact) mass is 234 g/mol. The lowest BCUT2D eigenvalue weighted by Crippen LogP contribution is -2.18. The van der Waals surface area contributed by atoms with Crippen molar-refractivity contribution in [2.45, 2.75) is 19.4 Å². The molecule has 1 fully saturated rings. The Hall–Kier alpha value is -0.610. The zero-order chi connectivity index (χ0) is 10.1. The summed E-state index contributed by atoms with van der Waals surface area (Å²) in [5, 5.41) is 3.85. The molecule has 0 amide bonds. The number of nitrogens with zero attached hydrogens (tertiary/aromatic N) is 2. The minimum atomic E-state index is -0.242. The summed E-state index contributed by atoms with van der Waals surface area (Å²) in [6.45, 7) is 2.46. The summed E-state index contributed by atoms with van der Waals surface area (Å²) in [6, 6.07) is 2.14. The average Bonchev–Trinajstić information content (AvgIpc) is 2.71. The molecule has 1 aromatic rings. The van der Waals surface area contributed by atoms with Crippen LogP contribution in [0.25, 0.3) is 0 Å². The SMILES string of the molecule is Cc1cc([C@@H]2C[C@@H](CF)CN2C)on1.Cl. The van der Waals surface area contributed by atoms with Gasteiger partial charge in [-0.3, -0.25) is 9.29 Å². The van der Waals surface area contributed by atoms with Crippen molar-refractivity contribution in [1.29, 1.82) is 0 Å². The molecular formula is C10H16ClFN2O. The minimum absolute atomic E-state index is 0. The zero-order valence-electron chi connectivity index (χ0n) is 8.94. The van der Waals surface area contributed by atoms with Gasteiger partial charge >= 0.3 is 0 Å². The molecule has 2 heterocycles. The van der Waals surface area contributed by atoms with Crippen LogP contribution in [0, 0.1) is 12.8 Å². The highest BCUT2D eigenvalue weighted by Crippen LogP contribution is 2.34. The van der Waals surface area contributed by atoms with E-state index in [0.717, 1.165) is 24.4 Å².